The van der Waals surface area contributed by atoms with Gasteiger partial charge in [-0.2, -0.15) is 11.8 Å². The molecule has 0 saturated carbocycles. The second kappa shape index (κ2) is 12.2. The number of hydrogen-bond donors (Lipinski definition) is 2. The molecule has 0 radical (unpaired) electrons. The fourth-order valence-electron chi connectivity index (χ4n) is 3.95. The summed E-state index contributed by atoms with van der Waals surface area (Å²) in [5.74, 6) is 3.36. The topological polar surface area (TPSA) is 48.9 Å². The maximum absolute atomic E-state index is 5.57. The van der Waals surface area contributed by atoms with Crippen LogP contribution in [0.3, 0.4) is 0 Å². The van der Waals surface area contributed by atoms with Gasteiger partial charge in [0.2, 0.25) is 0 Å². The van der Waals surface area contributed by atoms with Crippen LogP contribution in [0, 0.1) is 0 Å². The van der Waals surface area contributed by atoms with Gasteiger partial charge in [-0.3, -0.25) is 4.90 Å². The van der Waals surface area contributed by atoms with Crippen molar-refractivity contribution in [3.05, 3.63) is 35.4 Å². The minimum absolute atomic E-state index is 0. The zero-order chi connectivity index (χ0) is 19.0. The number of nitrogens with zero attached hydrogens (tertiary/aromatic N) is 2. The van der Waals surface area contributed by atoms with Crippen molar-refractivity contribution >= 4 is 41.7 Å². The van der Waals surface area contributed by atoms with Crippen molar-refractivity contribution in [2.24, 2.45) is 4.99 Å². The third-order valence-electron chi connectivity index (χ3n) is 5.60. The number of morpholine rings is 1. The summed E-state index contributed by atoms with van der Waals surface area (Å²) in [7, 11) is 0. The van der Waals surface area contributed by atoms with Crippen LogP contribution in [0.2, 0.25) is 0 Å². The first-order chi connectivity index (χ1) is 13.3. The van der Waals surface area contributed by atoms with Crippen molar-refractivity contribution in [2.75, 3.05) is 50.9 Å². The van der Waals surface area contributed by atoms with E-state index in [9.17, 15) is 0 Å². The first-order valence-corrected chi connectivity index (χ1v) is 11.4. The maximum atomic E-state index is 5.57. The number of guanidine groups is 1. The van der Waals surface area contributed by atoms with E-state index >= 15 is 0 Å². The number of aryl methyl sites for hydroxylation is 1. The number of ether oxygens (including phenoxy) is 1. The van der Waals surface area contributed by atoms with E-state index in [0.717, 1.165) is 58.3 Å². The highest BCUT2D eigenvalue weighted by Gasteiger charge is 2.40. The molecule has 0 bridgehead atoms. The second-order valence-corrected chi connectivity index (χ2v) is 8.40. The molecule has 28 heavy (non-hydrogen) atoms. The third-order valence-corrected chi connectivity index (χ3v) is 6.83. The summed E-state index contributed by atoms with van der Waals surface area (Å²) in [5, 5.41) is 7.07. The third kappa shape index (κ3) is 6.24. The molecule has 2 aliphatic rings. The Morgan fingerprint density at radius 2 is 1.93 bits per heavy atom. The van der Waals surface area contributed by atoms with Crippen LogP contribution in [-0.2, 0) is 17.7 Å². The van der Waals surface area contributed by atoms with Crippen LogP contribution >= 0.6 is 35.7 Å². The Hall–Kier alpha value is -0.510. The number of nitrogens with one attached hydrogen (secondary N) is 2. The minimum Gasteiger partial charge on any atom is -0.379 e. The lowest BCUT2D eigenvalue weighted by molar-refractivity contribution is -0.0120. The molecule has 1 atom stereocenters. The van der Waals surface area contributed by atoms with E-state index in [1.165, 1.54) is 29.1 Å². The number of halogens is 1. The summed E-state index contributed by atoms with van der Waals surface area (Å²) in [5.41, 5.74) is 2.93. The summed E-state index contributed by atoms with van der Waals surface area (Å²) in [6.07, 6.45) is 2.29. The van der Waals surface area contributed by atoms with Gasteiger partial charge < -0.3 is 15.4 Å². The number of thioether (sulfide) groups is 1. The van der Waals surface area contributed by atoms with Crippen molar-refractivity contribution < 1.29 is 4.74 Å². The molecule has 2 heterocycles. The molecule has 0 spiro atoms. The van der Waals surface area contributed by atoms with Crippen LogP contribution in [0.15, 0.2) is 29.3 Å². The van der Waals surface area contributed by atoms with E-state index in [0.29, 0.717) is 0 Å². The fraction of sp³-hybridized carbons (Fsp3) is 0.667. The molecule has 0 aliphatic carbocycles. The van der Waals surface area contributed by atoms with Gasteiger partial charge in [-0.15, -0.1) is 24.0 Å². The van der Waals surface area contributed by atoms with Crippen molar-refractivity contribution in [3.63, 3.8) is 0 Å². The van der Waals surface area contributed by atoms with Crippen LogP contribution in [-0.4, -0.2) is 67.3 Å². The molecule has 2 saturated heterocycles. The van der Waals surface area contributed by atoms with Gasteiger partial charge in [0.25, 0.3) is 0 Å². The van der Waals surface area contributed by atoms with Crippen LogP contribution in [0.1, 0.15) is 31.4 Å². The van der Waals surface area contributed by atoms with Crippen molar-refractivity contribution in [1.29, 1.82) is 0 Å². The zero-order valence-corrected chi connectivity index (χ0v) is 20.4. The Labute approximate surface area is 191 Å². The molecule has 1 aromatic rings. The standard InChI is InChI=1S/C21H34N4OS.HI/c1-3-18-7-5-6-8-19(18)15-23-20(22-4-2)24-16-21(9-14-27-17-21)25-10-12-26-13-11-25;/h5-8H,3-4,9-17H2,1-2H3,(H2,22,23,24);1H. The van der Waals surface area contributed by atoms with E-state index in [1.807, 2.05) is 0 Å². The SMILES string of the molecule is CCNC(=NCc1ccccc1CC)NCC1(N2CCOCC2)CCSC1.I. The van der Waals surface area contributed by atoms with Crippen LogP contribution in [0.4, 0.5) is 0 Å². The molecule has 0 aromatic heterocycles. The van der Waals surface area contributed by atoms with Gasteiger partial charge >= 0.3 is 0 Å². The summed E-state index contributed by atoms with van der Waals surface area (Å²) in [6.45, 7) is 10.7. The van der Waals surface area contributed by atoms with E-state index in [4.69, 9.17) is 9.73 Å². The molecule has 7 heteroatoms. The molecule has 2 N–H and O–H groups in total. The van der Waals surface area contributed by atoms with E-state index in [2.05, 4.69) is 65.4 Å². The molecular weight excluding hydrogens is 483 g/mol. The maximum Gasteiger partial charge on any atom is 0.191 e. The smallest absolute Gasteiger partial charge is 0.191 e. The summed E-state index contributed by atoms with van der Waals surface area (Å²) in [6, 6.07) is 8.61. The van der Waals surface area contributed by atoms with Crippen LogP contribution in [0.5, 0.6) is 0 Å². The predicted molar refractivity (Wildman–Crippen MR) is 131 cm³/mol. The first-order valence-electron chi connectivity index (χ1n) is 10.3. The monoisotopic (exact) mass is 518 g/mol. The molecule has 3 rings (SSSR count). The summed E-state index contributed by atoms with van der Waals surface area (Å²) < 4.78 is 5.57. The number of rotatable bonds is 7. The van der Waals surface area contributed by atoms with Crippen LogP contribution < -0.4 is 10.6 Å². The lowest BCUT2D eigenvalue weighted by Gasteiger charge is -2.43. The average Bonchev–Trinajstić information content (AvgIpc) is 3.21. The second-order valence-electron chi connectivity index (χ2n) is 7.30. The lowest BCUT2D eigenvalue weighted by Crippen LogP contribution is -2.60. The van der Waals surface area contributed by atoms with Crippen molar-refractivity contribution in [2.45, 2.75) is 38.8 Å². The van der Waals surface area contributed by atoms with E-state index in [-0.39, 0.29) is 29.5 Å². The van der Waals surface area contributed by atoms with E-state index in [1.54, 1.807) is 0 Å². The quantitative estimate of drug-likeness (QED) is 0.330. The van der Waals surface area contributed by atoms with Crippen LogP contribution in [0.25, 0.3) is 0 Å². The Balaban J connectivity index is 0.00000280. The number of hydrogen-bond acceptors (Lipinski definition) is 4. The summed E-state index contributed by atoms with van der Waals surface area (Å²) >= 11 is 2.07. The highest BCUT2D eigenvalue weighted by Crippen LogP contribution is 2.33. The fourth-order valence-corrected chi connectivity index (χ4v) is 5.42. The van der Waals surface area contributed by atoms with Gasteiger partial charge in [0, 0.05) is 37.5 Å². The molecule has 1 aromatic carbocycles. The van der Waals surface area contributed by atoms with E-state index < -0.39 is 0 Å². The molecule has 2 aliphatic heterocycles. The Morgan fingerprint density at radius 3 is 2.57 bits per heavy atom. The number of benzene rings is 1. The molecule has 5 nitrogen and oxygen atoms in total. The molecular formula is C21H35IN4OS. The molecule has 158 valence electrons. The van der Waals surface area contributed by atoms with Crippen molar-refractivity contribution in [3.8, 4) is 0 Å². The van der Waals surface area contributed by atoms with Gasteiger partial charge in [-0.25, -0.2) is 4.99 Å². The van der Waals surface area contributed by atoms with Gasteiger partial charge in [-0.1, -0.05) is 31.2 Å². The Bertz CT molecular complexity index is 616. The lowest BCUT2D eigenvalue weighted by atomic mass is 9.95. The first kappa shape index (κ1) is 23.8. The largest absolute Gasteiger partial charge is 0.379 e. The molecule has 0 amide bonds. The molecule has 1 unspecified atom stereocenters. The van der Waals surface area contributed by atoms with Gasteiger partial charge in [-0.05, 0) is 36.6 Å². The average molecular weight is 519 g/mol. The molecule has 2 fully saturated rings. The normalized spacial score (nSPS) is 23.3. The van der Waals surface area contributed by atoms with Gasteiger partial charge in [0.1, 0.15) is 0 Å². The Kier molecular flexibility index (Phi) is 10.4. The summed E-state index contributed by atoms with van der Waals surface area (Å²) in [4.78, 5) is 7.51. The van der Waals surface area contributed by atoms with Gasteiger partial charge in [0.05, 0.1) is 19.8 Å². The Morgan fingerprint density at radius 1 is 1.18 bits per heavy atom. The van der Waals surface area contributed by atoms with Gasteiger partial charge in [0.15, 0.2) is 5.96 Å². The highest BCUT2D eigenvalue weighted by atomic mass is 127. The number of aliphatic imine (C=N–C) groups is 1. The van der Waals surface area contributed by atoms with Crippen molar-refractivity contribution in [1.82, 2.24) is 15.5 Å². The predicted octanol–water partition coefficient (Wildman–Crippen LogP) is 3.13. The zero-order valence-electron chi connectivity index (χ0n) is 17.2. The minimum atomic E-state index is 0. The highest BCUT2D eigenvalue weighted by molar-refractivity contribution is 14.0.